The summed E-state index contributed by atoms with van der Waals surface area (Å²) in [4.78, 5) is 0. The molecule has 2 heteroatoms. The summed E-state index contributed by atoms with van der Waals surface area (Å²) in [5, 5.41) is 3.57. The number of benzene rings is 2. The van der Waals surface area contributed by atoms with Gasteiger partial charge in [0.25, 0.3) is 0 Å². The zero-order chi connectivity index (χ0) is 16.2. The van der Waals surface area contributed by atoms with Crippen molar-refractivity contribution in [3.8, 4) is 5.75 Å². The van der Waals surface area contributed by atoms with E-state index in [0.717, 1.165) is 12.3 Å². The zero-order valence-electron chi connectivity index (χ0n) is 14.3. The molecular weight excluding hydrogens is 270 g/mol. The summed E-state index contributed by atoms with van der Waals surface area (Å²) in [5.74, 6) is 0.897. The second-order valence-electron chi connectivity index (χ2n) is 6.82. The molecule has 22 heavy (non-hydrogen) atoms. The maximum absolute atomic E-state index is 5.20. The van der Waals surface area contributed by atoms with Crippen molar-refractivity contribution in [2.24, 2.45) is 0 Å². The molecule has 0 aliphatic heterocycles. The molecule has 1 N–H and O–H groups in total. The van der Waals surface area contributed by atoms with Gasteiger partial charge in [-0.25, -0.2) is 0 Å². The van der Waals surface area contributed by atoms with E-state index >= 15 is 0 Å². The van der Waals surface area contributed by atoms with Crippen molar-refractivity contribution in [3.63, 3.8) is 0 Å². The van der Waals surface area contributed by atoms with Crippen LogP contribution in [0.3, 0.4) is 0 Å². The van der Waals surface area contributed by atoms with E-state index in [0.29, 0.717) is 6.04 Å². The molecule has 118 valence electrons. The minimum Gasteiger partial charge on any atom is -0.497 e. The van der Waals surface area contributed by atoms with Gasteiger partial charge in [-0.15, -0.1) is 0 Å². The number of hydrogen-bond acceptors (Lipinski definition) is 2. The van der Waals surface area contributed by atoms with Crippen molar-refractivity contribution in [1.82, 2.24) is 5.32 Å². The average molecular weight is 297 g/mol. The Bertz CT molecular complexity index is 579. The smallest absolute Gasteiger partial charge is 0.118 e. The molecular formula is C20H27NO. The molecule has 0 saturated heterocycles. The summed E-state index contributed by atoms with van der Waals surface area (Å²) >= 11 is 0. The van der Waals surface area contributed by atoms with Crippen molar-refractivity contribution >= 4 is 0 Å². The first-order valence-electron chi connectivity index (χ1n) is 7.87. The van der Waals surface area contributed by atoms with Crippen LogP contribution < -0.4 is 10.1 Å². The summed E-state index contributed by atoms with van der Waals surface area (Å²) in [6.45, 7) is 9.78. The first-order valence-corrected chi connectivity index (χ1v) is 7.87. The Labute approximate surface area is 134 Å². The van der Waals surface area contributed by atoms with Gasteiger partial charge in [0, 0.05) is 12.6 Å². The second-order valence-corrected chi connectivity index (χ2v) is 6.82. The topological polar surface area (TPSA) is 21.3 Å². The monoisotopic (exact) mass is 297 g/mol. The van der Waals surface area contributed by atoms with Gasteiger partial charge in [-0.1, -0.05) is 57.2 Å². The van der Waals surface area contributed by atoms with E-state index in [1.54, 1.807) is 7.11 Å². The third-order valence-electron chi connectivity index (χ3n) is 4.05. The van der Waals surface area contributed by atoms with E-state index < -0.39 is 0 Å². The minimum absolute atomic E-state index is 0.211. The lowest BCUT2D eigenvalue weighted by molar-refractivity contribution is 0.414. The second kappa shape index (κ2) is 6.97. The van der Waals surface area contributed by atoms with Crippen LogP contribution in [0.15, 0.2) is 48.5 Å². The van der Waals surface area contributed by atoms with Gasteiger partial charge < -0.3 is 10.1 Å². The molecule has 0 spiro atoms. The number of ether oxygens (including phenoxy) is 1. The average Bonchev–Trinajstić information content (AvgIpc) is 2.52. The molecule has 0 heterocycles. The Morgan fingerprint density at radius 1 is 0.955 bits per heavy atom. The van der Waals surface area contributed by atoms with Crippen LogP contribution in [0.5, 0.6) is 5.75 Å². The van der Waals surface area contributed by atoms with Gasteiger partial charge in [0.2, 0.25) is 0 Å². The Morgan fingerprint density at radius 3 is 2.05 bits per heavy atom. The summed E-state index contributed by atoms with van der Waals surface area (Å²) in [7, 11) is 1.69. The number of methoxy groups -OCH3 is 1. The fourth-order valence-electron chi connectivity index (χ4n) is 2.40. The first kappa shape index (κ1) is 16.6. The Hall–Kier alpha value is -1.80. The van der Waals surface area contributed by atoms with E-state index in [-0.39, 0.29) is 5.41 Å². The van der Waals surface area contributed by atoms with Crippen LogP contribution >= 0.6 is 0 Å². The van der Waals surface area contributed by atoms with Crippen LogP contribution in [0.2, 0.25) is 0 Å². The Morgan fingerprint density at radius 2 is 1.55 bits per heavy atom. The van der Waals surface area contributed by atoms with Crippen molar-refractivity contribution in [1.29, 1.82) is 0 Å². The number of nitrogens with one attached hydrogen (secondary N) is 1. The Kier molecular flexibility index (Phi) is 5.25. The highest BCUT2D eigenvalue weighted by Crippen LogP contribution is 2.22. The Balaban J connectivity index is 1.94. The van der Waals surface area contributed by atoms with Crippen LogP contribution in [0.25, 0.3) is 0 Å². The normalized spacial score (nSPS) is 13.0. The SMILES string of the molecule is COc1ccc([C@H](C)NCc2ccc(C(C)(C)C)cc2)cc1. The predicted molar refractivity (Wildman–Crippen MR) is 93.4 cm³/mol. The predicted octanol–water partition coefficient (Wildman–Crippen LogP) is 4.84. The highest BCUT2D eigenvalue weighted by Gasteiger charge is 2.13. The van der Waals surface area contributed by atoms with Gasteiger partial charge in [-0.05, 0) is 41.2 Å². The molecule has 1 atom stereocenters. The van der Waals surface area contributed by atoms with E-state index in [9.17, 15) is 0 Å². The molecule has 0 radical (unpaired) electrons. The summed E-state index contributed by atoms with van der Waals surface area (Å²) < 4.78 is 5.20. The molecule has 0 saturated carbocycles. The zero-order valence-corrected chi connectivity index (χ0v) is 14.3. The van der Waals surface area contributed by atoms with E-state index in [2.05, 4.69) is 69.4 Å². The summed E-state index contributed by atoms with van der Waals surface area (Å²) in [5.41, 5.74) is 4.17. The molecule has 0 aliphatic carbocycles. The van der Waals surface area contributed by atoms with Crippen molar-refractivity contribution in [2.75, 3.05) is 7.11 Å². The quantitative estimate of drug-likeness (QED) is 0.852. The highest BCUT2D eigenvalue weighted by atomic mass is 16.5. The highest BCUT2D eigenvalue weighted by molar-refractivity contribution is 5.30. The van der Waals surface area contributed by atoms with Gasteiger partial charge >= 0.3 is 0 Å². The largest absolute Gasteiger partial charge is 0.497 e. The molecule has 2 rings (SSSR count). The molecule has 0 bridgehead atoms. The van der Waals surface area contributed by atoms with Crippen molar-refractivity contribution < 1.29 is 4.74 Å². The summed E-state index contributed by atoms with van der Waals surface area (Å²) in [6.07, 6.45) is 0. The molecule has 0 aromatic heterocycles. The van der Waals surface area contributed by atoms with Gasteiger partial charge in [0.05, 0.1) is 7.11 Å². The minimum atomic E-state index is 0.211. The van der Waals surface area contributed by atoms with Crippen LogP contribution in [0.4, 0.5) is 0 Å². The molecule has 2 nitrogen and oxygen atoms in total. The maximum Gasteiger partial charge on any atom is 0.118 e. The lowest BCUT2D eigenvalue weighted by Crippen LogP contribution is -2.18. The number of rotatable bonds is 5. The molecule has 2 aromatic carbocycles. The van der Waals surface area contributed by atoms with E-state index in [4.69, 9.17) is 4.74 Å². The van der Waals surface area contributed by atoms with Crippen LogP contribution in [-0.2, 0) is 12.0 Å². The lowest BCUT2D eigenvalue weighted by Gasteiger charge is -2.20. The van der Waals surface area contributed by atoms with Crippen molar-refractivity contribution in [3.05, 3.63) is 65.2 Å². The van der Waals surface area contributed by atoms with Crippen molar-refractivity contribution in [2.45, 2.75) is 45.7 Å². The van der Waals surface area contributed by atoms with Gasteiger partial charge in [-0.2, -0.15) is 0 Å². The molecule has 0 aliphatic rings. The van der Waals surface area contributed by atoms with Gasteiger partial charge in [-0.3, -0.25) is 0 Å². The molecule has 0 amide bonds. The van der Waals surface area contributed by atoms with E-state index in [1.807, 2.05) is 12.1 Å². The van der Waals surface area contributed by atoms with Gasteiger partial charge in [0.15, 0.2) is 0 Å². The van der Waals surface area contributed by atoms with Crippen LogP contribution in [0, 0.1) is 0 Å². The molecule has 0 fully saturated rings. The molecule has 0 unspecified atom stereocenters. The van der Waals surface area contributed by atoms with E-state index in [1.165, 1.54) is 16.7 Å². The standard InChI is InChI=1S/C20H27NO/c1-15(17-8-12-19(22-5)13-9-17)21-14-16-6-10-18(11-7-16)20(2,3)4/h6-13,15,21H,14H2,1-5H3/t15-/m0/s1. The van der Waals surface area contributed by atoms with Crippen LogP contribution in [-0.4, -0.2) is 7.11 Å². The third kappa shape index (κ3) is 4.35. The summed E-state index contributed by atoms with van der Waals surface area (Å²) in [6, 6.07) is 17.4. The number of hydrogen-bond donors (Lipinski definition) is 1. The third-order valence-corrected chi connectivity index (χ3v) is 4.05. The molecule has 2 aromatic rings. The first-order chi connectivity index (χ1) is 10.4. The lowest BCUT2D eigenvalue weighted by atomic mass is 9.87. The van der Waals surface area contributed by atoms with Gasteiger partial charge in [0.1, 0.15) is 5.75 Å². The fourth-order valence-corrected chi connectivity index (χ4v) is 2.40. The fraction of sp³-hybridized carbons (Fsp3) is 0.400. The maximum atomic E-state index is 5.20. The van der Waals surface area contributed by atoms with Crippen LogP contribution in [0.1, 0.15) is 50.4 Å².